The summed E-state index contributed by atoms with van der Waals surface area (Å²) in [5.41, 5.74) is 2.74. The molecule has 0 atom stereocenters. The summed E-state index contributed by atoms with van der Waals surface area (Å²) in [6.07, 6.45) is 11.6. The summed E-state index contributed by atoms with van der Waals surface area (Å²) in [6.45, 7) is 2.29. The van der Waals surface area contributed by atoms with E-state index >= 15 is 0 Å². The molecule has 2 rings (SSSR count). The summed E-state index contributed by atoms with van der Waals surface area (Å²) >= 11 is 0. The fraction of sp³-hybridized carbons (Fsp3) is 0.929. The fourth-order valence-corrected chi connectivity index (χ4v) is 3.24. The average Bonchev–Trinajstić information content (AvgIpc) is 2.91. The van der Waals surface area contributed by atoms with Gasteiger partial charge in [0, 0.05) is 6.04 Å². The van der Waals surface area contributed by atoms with Gasteiger partial charge < -0.3 is 5.32 Å². The second kappa shape index (κ2) is 6.98. The van der Waals surface area contributed by atoms with E-state index in [9.17, 15) is 0 Å². The highest BCUT2D eigenvalue weighted by atomic mass is 15.3. The summed E-state index contributed by atoms with van der Waals surface area (Å²) in [4.78, 5) is 4.76. The molecule has 0 aliphatic heterocycles. The largest absolute Gasteiger partial charge is 0.353 e. The fourth-order valence-electron chi connectivity index (χ4n) is 3.24. The van der Waals surface area contributed by atoms with Crippen LogP contribution in [0.4, 0.5) is 0 Å². The van der Waals surface area contributed by atoms with Crippen molar-refractivity contribution in [2.75, 3.05) is 0 Å². The zero-order valence-corrected chi connectivity index (χ0v) is 11.6. The number of nitrogens with zero attached hydrogens (tertiary/aromatic N) is 1. The minimum Gasteiger partial charge on any atom is -0.353 e. The van der Waals surface area contributed by atoms with Gasteiger partial charge in [-0.2, -0.15) is 0 Å². The van der Waals surface area contributed by atoms with Gasteiger partial charge in [-0.15, -0.1) is 0 Å². The number of hydrogen-bond acceptors (Lipinski definition) is 2. The highest BCUT2D eigenvalue weighted by Gasteiger charge is 2.21. The van der Waals surface area contributed by atoms with E-state index < -0.39 is 0 Å². The maximum atomic E-state index is 5.58. The second-order valence-corrected chi connectivity index (χ2v) is 5.83. The summed E-state index contributed by atoms with van der Waals surface area (Å²) < 4.78 is 0. The maximum Gasteiger partial charge on any atom is 0.206 e. The van der Waals surface area contributed by atoms with Gasteiger partial charge in [-0.3, -0.25) is 5.43 Å². The summed E-state index contributed by atoms with van der Waals surface area (Å²) in [5.74, 6) is 7.31. The minimum atomic E-state index is 0.466. The Bertz CT molecular complexity index is 263. The van der Waals surface area contributed by atoms with Crippen molar-refractivity contribution in [2.24, 2.45) is 16.8 Å². The normalized spacial score (nSPS) is 30.4. The molecular weight excluding hydrogens is 224 g/mol. The third-order valence-corrected chi connectivity index (χ3v) is 4.54. The molecule has 0 amide bonds. The lowest BCUT2D eigenvalue weighted by molar-refractivity contribution is 0.319. The van der Waals surface area contributed by atoms with E-state index in [1.165, 1.54) is 57.8 Å². The number of nitrogens with one attached hydrogen (secondary N) is 2. The molecule has 0 unspecified atom stereocenters. The van der Waals surface area contributed by atoms with Crippen LogP contribution in [0.1, 0.15) is 64.7 Å². The number of nitrogens with two attached hydrogens (primary N) is 1. The van der Waals surface area contributed by atoms with Crippen LogP contribution in [0.2, 0.25) is 0 Å². The molecule has 0 aromatic heterocycles. The smallest absolute Gasteiger partial charge is 0.206 e. The Hall–Kier alpha value is -0.770. The molecule has 0 aromatic carbocycles. The standard InChI is InChI=1S/C14H28N4/c1-2-11-7-9-13(10-8-11)17-14(18-15)16-12-5-3-4-6-12/h11-13H,2-10,15H2,1H3,(H2,16,17,18). The van der Waals surface area contributed by atoms with Crippen LogP contribution in [0, 0.1) is 5.92 Å². The first-order chi connectivity index (χ1) is 8.81. The van der Waals surface area contributed by atoms with Gasteiger partial charge in [0.2, 0.25) is 5.96 Å². The van der Waals surface area contributed by atoms with E-state index in [1.807, 2.05) is 0 Å². The van der Waals surface area contributed by atoms with Crippen molar-refractivity contribution in [3.8, 4) is 0 Å². The van der Waals surface area contributed by atoms with Gasteiger partial charge in [0.15, 0.2) is 0 Å². The van der Waals surface area contributed by atoms with E-state index in [4.69, 9.17) is 10.8 Å². The first-order valence-electron chi connectivity index (χ1n) is 7.62. The molecule has 104 valence electrons. The maximum absolute atomic E-state index is 5.58. The van der Waals surface area contributed by atoms with Crippen molar-refractivity contribution in [3.63, 3.8) is 0 Å². The highest BCUT2D eigenvalue weighted by molar-refractivity contribution is 5.79. The molecule has 2 fully saturated rings. The Morgan fingerprint density at radius 2 is 1.78 bits per heavy atom. The first kappa shape index (κ1) is 13.7. The summed E-state index contributed by atoms with van der Waals surface area (Å²) in [6, 6.07) is 1.04. The molecule has 0 aromatic rings. The third-order valence-electron chi connectivity index (χ3n) is 4.54. The zero-order chi connectivity index (χ0) is 12.8. The summed E-state index contributed by atoms with van der Waals surface area (Å²) in [5, 5.41) is 3.45. The number of guanidine groups is 1. The van der Waals surface area contributed by atoms with Crippen molar-refractivity contribution >= 4 is 5.96 Å². The van der Waals surface area contributed by atoms with Crippen LogP contribution in [0.15, 0.2) is 4.99 Å². The summed E-state index contributed by atoms with van der Waals surface area (Å²) in [7, 11) is 0. The van der Waals surface area contributed by atoms with E-state index in [2.05, 4.69) is 17.7 Å². The van der Waals surface area contributed by atoms with Gasteiger partial charge in [0.05, 0.1) is 6.04 Å². The number of aliphatic imine (C=N–C) groups is 1. The SMILES string of the molecule is CCC1CCC(N=C(NN)NC2CCCC2)CC1. The van der Waals surface area contributed by atoms with E-state index in [0.29, 0.717) is 12.1 Å². The predicted octanol–water partition coefficient (Wildman–Crippen LogP) is 2.31. The van der Waals surface area contributed by atoms with E-state index in [1.54, 1.807) is 0 Å². The molecule has 4 heteroatoms. The van der Waals surface area contributed by atoms with Crippen molar-refractivity contribution in [2.45, 2.75) is 76.8 Å². The second-order valence-electron chi connectivity index (χ2n) is 5.83. The van der Waals surface area contributed by atoms with Crippen LogP contribution < -0.4 is 16.6 Å². The lowest BCUT2D eigenvalue weighted by Crippen LogP contribution is -2.46. The molecule has 4 N–H and O–H groups in total. The molecule has 4 nitrogen and oxygen atoms in total. The third kappa shape index (κ3) is 3.87. The van der Waals surface area contributed by atoms with Crippen molar-refractivity contribution in [1.29, 1.82) is 0 Å². The van der Waals surface area contributed by atoms with Gasteiger partial charge in [-0.1, -0.05) is 26.2 Å². The van der Waals surface area contributed by atoms with Crippen molar-refractivity contribution in [1.82, 2.24) is 10.7 Å². The lowest BCUT2D eigenvalue weighted by atomic mass is 9.85. The quantitative estimate of drug-likeness (QED) is 0.312. The highest BCUT2D eigenvalue weighted by Crippen LogP contribution is 2.28. The monoisotopic (exact) mass is 252 g/mol. The predicted molar refractivity (Wildman–Crippen MR) is 76.2 cm³/mol. The van der Waals surface area contributed by atoms with Crippen LogP contribution in [-0.4, -0.2) is 18.0 Å². The van der Waals surface area contributed by atoms with Crippen LogP contribution in [-0.2, 0) is 0 Å². The molecule has 0 spiro atoms. The van der Waals surface area contributed by atoms with E-state index in [-0.39, 0.29) is 0 Å². The number of hydrogen-bond donors (Lipinski definition) is 3. The Kier molecular flexibility index (Phi) is 5.29. The van der Waals surface area contributed by atoms with Gasteiger partial charge in [0.25, 0.3) is 0 Å². The van der Waals surface area contributed by atoms with Crippen molar-refractivity contribution in [3.05, 3.63) is 0 Å². The molecule has 0 radical (unpaired) electrons. The Morgan fingerprint density at radius 3 is 2.33 bits per heavy atom. The Morgan fingerprint density at radius 1 is 1.11 bits per heavy atom. The van der Waals surface area contributed by atoms with Gasteiger partial charge in [-0.05, 0) is 44.4 Å². The zero-order valence-electron chi connectivity index (χ0n) is 11.6. The van der Waals surface area contributed by atoms with E-state index in [0.717, 1.165) is 11.9 Å². The Balaban J connectivity index is 1.81. The molecule has 2 aliphatic rings. The molecule has 0 saturated heterocycles. The van der Waals surface area contributed by atoms with Gasteiger partial charge in [0.1, 0.15) is 0 Å². The minimum absolute atomic E-state index is 0.466. The molecule has 2 aliphatic carbocycles. The van der Waals surface area contributed by atoms with Crippen LogP contribution in [0.5, 0.6) is 0 Å². The molecule has 0 heterocycles. The average molecular weight is 252 g/mol. The van der Waals surface area contributed by atoms with Gasteiger partial charge in [-0.25, -0.2) is 10.8 Å². The topological polar surface area (TPSA) is 62.4 Å². The molecule has 0 bridgehead atoms. The molecular formula is C14H28N4. The lowest BCUT2D eigenvalue weighted by Gasteiger charge is -2.26. The number of rotatable bonds is 3. The van der Waals surface area contributed by atoms with Crippen molar-refractivity contribution < 1.29 is 0 Å². The number of hydrazine groups is 1. The van der Waals surface area contributed by atoms with Gasteiger partial charge >= 0.3 is 0 Å². The van der Waals surface area contributed by atoms with Crippen LogP contribution in [0.3, 0.4) is 0 Å². The Labute approximate surface area is 111 Å². The molecule has 2 saturated carbocycles. The van der Waals surface area contributed by atoms with Crippen LogP contribution in [0.25, 0.3) is 0 Å². The molecule has 18 heavy (non-hydrogen) atoms. The van der Waals surface area contributed by atoms with Crippen LogP contribution >= 0.6 is 0 Å². The first-order valence-corrected chi connectivity index (χ1v) is 7.62.